The van der Waals surface area contributed by atoms with Crippen LogP contribution >= 0.6 is 0 Å². The predicted molar refractivity (Wildman–Crippen MR) is 105 cm³/mol. The number of hydrogen-bond donors (Lipinski definition) is 2. The minimum atomic E-state index is -0.220. The first-order chi connectivity index (χ1) is 12.9. The highest BCUT2D eigenvalue weighted by Gasteiger charge is 2.22. The third kappa shape index (κ3) is 4.70. The molecular formula is C21H28N2O4. The number of ether oxygens (including phenoxy) is 2. The van der Waals surface area contributed by atoms with Crippen LogP contribution in [0.3, 0.4) is 0 Å². The second kappa shape index (κ2) is 9.26. The van der Waals surface area contributed by atoms with Crippen molar-refractivity contribution >= 4 is 11.7 Å². The van der Waals surface area contributed by atoms with Gasteiger partial charge in [0.2, 0.25) is 0 Å². The van der Waals surface area contributed by atoms with Crippen LogP contribution in [-0.2, 0) is 13.0 Å². The van der Waals surface area contributed by atoms with Crippen molar-refractivity contribution in [3.63, 3.8) is 0 Å². The van der Waals surface area contributed by atoms with E-state index in [2.05, 4.69) is 10.3 Å². The lowest BCUT2D eigenvalue weighted by Gasteiger charge is -2.12. The number of methoxy groups -OCH3 is 1. The minimum absolute atomic E-state index is 0.0255. The zero-order chi connectivity index (χ0) is 20.0. The van der Waals surface area contributed by atoms with Crippen LogP contribution in [0.2, 0.25) is 0 Å². The van der Waals surface area contributed by atoms with Gasteiger partial charge in [-0.2, -0.15) is 0 Å². The van der Waals surface area contributed by atoms with Gasteiger partial charge < -0.3 is 19.8 Å². The van der Waals surface area contributed by atoms with Crippen LogP contribution in [0.4, 0.5) is 0 Å². The van der Waals surface area contributed by atoms with E-state index in [1.165, 1.54) is 6.92 Å². The number of H-pyrrole nitrogens is 1. The average Bonchev–Trinajstić information content (AvgIpc) is 2.97. The van der Waals surface area contributed by atoms with Crippen LogP contribution in [0.25, 0.3) is 0 Å². The number of Topliss-reactive ketones (excluding diaryl/α,β-unsaturated/α-hetero) is 1. The molecule has 1 heterocycles. The Morgan fingerprint density at radius 3 is 2.52 bits per heavy atom. The second-order valence-corrected chi connectivity index (χ2v) is 6.39. The van der Waals surface area contributed by atoms with Gasteiger partial charge in [0.1, 0.15) is 5.69 Å². The zero-order valence-electron chi connectivity index (χ0n) is 16.7. The number of benzene rings is 1. The van der Waals surface area contributed by atoms with Gasteiger partial charge in [0.15, 0.2) is 17.3 Å². The molecule has 2 aromatic rings. The Morgan fingerprint density at radius 2 is 1.93 bits per heavy atom. The number of aromatic nitrogens is 1. The number of amides is 1. The van der Waals surface area contributed by atoms with Crippen molar-refractivity contribution in [2.24, 2.45) is 0 Å². The third-order valence-electron chi connectivity index (χ3n) is 4.35. The van der Waals surface area contributed by atoms with Crippen LogP contribution in [0.5, 0.6) is 11.5 Å². The first-order valence-corrected chi connectivity index (χ1v) is 9.23. The smallest absolute Gasteiger partial charge is 0.268 e. The summed E-state index contributed by atoms with van der Waals surface area (Å²) in [7, 11) is 1.59. The fourth-order valence-corrected chi connectivity index (χ4v) is 3.21. The van der Waals surface area contributed by atoms with Crippen molar-refractivity contribution in [1.29, 1.82) is 0 Å². The Bertz CT molecular complexity index is 824. The van der Waals surface area contributed by atoms with Gasteiger partial charge >= 0.3 is 0 Å². The third-order valence-corrected chi connectivity index (χ3v) is 4.35. The molecule has 2 N–H and O–H groups in total. The van der Waals surface area contributed by atoms with Gasteiger partial charge in [-0.05, 0) is 50.5 Å². The molecule has 0 saturated carbocycles. The zero-order valence-corrected chi connectivity index (χ0v) is 16.7. The SMILES string of the molecule is CCCc1c(C(=O)NCc2ccc(OCC)c(OC)c2)[nH]c(C)c1C(C)=O. The number of aromatic amines is 1. The van der Waals surface area contributed by atoms with Gasteiger partial charge in [-0.1, -0.05) is 19.4 Å². The number of carbonyl (C=O) groups excluding carboxylic acids is 2. The Morgan fingerprint density at radius 1 is 1.19 bits per heavy atom. The van der Waals surface area contributed by atoms with Crippen LogP contribution in [0, 0.1) is 6.92 Å². The molecule has 0 radical (unpaired) electrons. The monoisotopic (exact) mass is 372 g/mol. The first kappa shape index (κ1) is 20.6. The molecule has 146 valence electrons. The summed E-state index contributed by atoms with van der Waals surface area (Å²) in [4.78, 5) is 27.8. The highest BCUT2D eigenvalue weighted by atomic mass is 16.5. The van der Waals surface area contributed by atoms with Crippen molar-refractivity contribution < 1.29 is 19.1 Å². The number of aryl methyl sites for hydroxylation is 1. The Labute approximate surface area is 160 Å². The lowest BCUT2D eigenvalue weighted by atomic mass is 10.0. The molecule has 0 bridgehead atoms. The number of ketones is 1. The van der Waals surface area contributed by atoms with Crippen molar-refractivity contribution in [2.75, 3.05) is 13.7 Å². The van der Waals surface area contributed by atoms with Gasteiger partial charge in [-0.15, -0.1) is 0 Å². The lowest BCUT2D eigenvalue weighted by molar-refractivity contribution is 0.0945. The largest absolute Gasteiger partial charge is 0.493 e. The van der Waals surface area contributed by atoms with E-state index >= 15 is 0 Å². The molecule has 27 heavy (non-hydrogen) atoms. The van der Waals surface area contributed by atoms with E-state index in [0.29, 0.717) is 42.3 Å². The molecule has 0 saturated heterocycles. The maximum Gasteiger partial charge on any atom is 0.268 e. The molecule has 1 aromatic carbocycles. The molecule has 1 aromatic heterocycles. The molecule has 0 aliphatic rings. The second-order valence-electron chi connectivity index (χ2n) is 6.39. The standard InChI is InChI=1S/C21H28N2O4/c1-6-8-16-19(14(4)24)13(3)23-20(16)21(25)22-12-15-9-10-17(27-7-2)18(11-15)26-5/h9-11,23H,6-8,12H2,1-5H3,(H,22,25). The maximum absolute atomic E-state index is 12.7. The number of rotatable bonds is 9. The van der Waals surface area contributed by atoms with E-state index in [1.54, 1.807) is 7.11 Å². The summed E-state index contributed by atoms with van der Waals surface area (Å²) >= 11 is 0. The summed E-state index contributed by atoms with van der Waals surface area (Å²) in [6, 6.07) is 5.57. The van der Waals surface area contributed by atoms with E-state index < -0.39 is 0 Å². The summed E-state index contributed by atoms with van der Waals surface area (Å²) in [5.74, 6) is 1.06. The van der Waals surface area contributed by atoms with Crippen molar-refractivity contribution in [2.45, 2.75) is 47.1 Å². The van der Waals surface area contributed by atoms with E-state index in [4.69, 9.17) is 9.47 Å². The molecule has 2 rings (SSSR count). The highest BCUT2D eigenvalue weighted by Crippen LogP contribution is 2.28. The minimum Gasteiger partial charge on any atom is -0.493 e. The molecule has 0 aliphatic heterocycles. The quantitative estimate of drug-likeness (QED) is 0.656. The first-order valence-electron chi connectivity index (χ1n) is 9.23. The molecule has 1 amide bonds. The molecule has 0 spiro atoms. The maximum atomic E-state index is 12.7. The normalized spacial score (nSPS) is 10.6. The number of nitrogens with one attached hydrogen (secondary N) is 2. The summed E-state index contributed by atoms with van der Waals surface area (Å²) < 4.78 is 10.9. The Hall–Kier alpha value is -2.76. The topological polar surface area (TPSA) is 80.4 Å². The van der Waals surface area contributed by atoms with E-state index in [9.17, 15) is 9.59 Å². The molecular weight excluding hydrogens is 344 g/mol. The molecule has 0 aliphatic carbocycles. The number of carbonyl (C=O) groups is 2. The van der Waals surface area contributed by atoms with Crippen molar-refractivity contribution in [3.05, 3.63) is 46.3 Å². The molecule has 0 atom stereocenters. The van der Waals surface area contributed by atoms with Crippen LogP contribution in [0.1, 0.15) is 64.9 Å². The van der Waals surface area contributed by atoms with Crippen molar-refractivity contribution in [1.82, 2.24) is 10.3 Å². The van der Waals surface area contributed by atoms with Crippen LogP contribution in [-0.4, -0.2) is 30.4 Å². The Kier molecular flexibility index (Phi) is 7.05. The summed E-state index contributed by atoms with van der Waals surface area (Å²) in [6.07, 6.45) is 1.53. The van der Waals surface area contributed by atoms with Gasteiger partial charge in [-0.25, -0.2) is 0 Å². The van der Waals surface area contributed by atoms with E-state index in [1.807, 2.05) is 39.0 Å². The predicted octanol–water partition coefficient (Wildman–Crippen LogP) is 3.82. The summed E-state index contributed by atoms with van der Waals surface area (Å²) in [5, 5.41) is 2.92. The molecule has 0 unspecified atom stereocenters. The van der Waals surface area contributed by atoms with Crippen LogP contribution < -0.4 is 14.8 Å². The molecule has 0 fully saturated rings. The fourth-order valence-electron chi connectivity index (χ4n) is 3.21. The summed E-state index contributed by atoms with van der Waals surface area (Å²) in [5.41, 5.74) is 3.53. The Balaban J connectivity index is 2.19. The average molecular weight is 372 g/mol. The van der Waals surface area contributed by atoms with Crippen LogP contribution in [0.15, 0.2) is 18.2 Å². The van der Waals surface area contributed by atoms with Gasteiger partial charge in [-0.3, -0.25) is 9.59 Å². The van der Waals surface area contributed by atoms with Crippen molar-refractivity contribution in [3.8, 4) is 11.5 Å². The highest BCUT2D eigenvalue weighted by molar-refractivity contribution is 6.02. The van der Waals surface area contributed by atoms with Gasteiger partial charge in [0.25, 0.3) is 5.91 Å². The van der Waals surface area contributed by atoms with E-state index in [0.717, 1.165) is 23.2 Å². The van der Waals surface area contributed by atoms with E-state index in [-0.39, 0.29) is 11.7 Å². The van der Waals surface area contributed by atoms with Gasteiger partial charge in [0.05, 0.1) is 13.7 Å². The lowest BCUT2D eigenvalue weighted by Crippen LogP contribution is -2.24. The molecule has 6 heteroatoms. The van der Waals surface area contributed by atoms with Gasteiger partial charge in [0, 0.05) is 17.8 Å². The summed E-state index contributed by atoms with van der Waals surface area (Å²) in [6.45, 7) is 8.19. The number of hydrogen-bond acceptors (Lipinski definition) is 4. The fraction of sp³-hybridized carbons (Fsp3) is 0.429. The molecule has 6 nitrogen and oxygen atoms in total.